The largest absolute Gasteiger partial charge is 0.466 e. The molecule has 0 aliphatic rings. The number of hydrogen-bond donors (Lipinski definition) is 0. The number of ether oxygens (including phenoxy) is 1. The zero-order chi connectivity index (χ0) is 6.57. The summed E-state index contributed by atoms with van der Waals surface area (Å²) in [6.07, 6.45) is 0. The minimum atomic E-state index is -0.118. The second kappa shape index (κ2) is 6.08. The fourth-order valence-electron chi connectivity index (χ4n) is 0.309. The molecule has 0 saturated heterocycles. The fourth-order valence-corrected chi connectivity index (χ4v) is 0.309. The van der Waals surface area contributed by atoms with Gasteiger partial charge in [0.2, 0.25) is 0 Å². The molecule has 0 atom stereocenters. The van der Waals surface area contributed by atoms with Gasteiger partial charge in [0, 0.05) is 0 Å². The molecular weight excluding hydrogens is 184 g/mol. The number of halogens is 1. The Hall–Kier alpha value is -0.0500. The molecule has 9 heavy (non-hydrogen) atoms. The Balaban J connectivity index is 0. The second-order valence-electron chi connectivity index (χ2n) is 1.91. The topological polar surface area (TPSA) is 26.3 Å². The van der Waals surface area contributed by atoms with Crippen LogP contribution in [-0.4, -0.2) is 12.6 Å². The molecule has 0 rings (SSSR count). The highest BCUT2D eigenvalue weighted by Gasteiger charge is 2.04. The van der Waals surface area contributed by atoms with E-state index in [1.807, 2.05) is 13.8 Å². The summed E-state index contributed by atoms with van der Waals surface area (Å²) in [4.78, 5) is 10.5. The Labute approximate surface area is 66.4 Å². The van der Waals surface area contributed by atoms with Gasteiger partial charge in [0.1, 0.15) is 0 Å². The van der Waals surface area contributed by atoms with Crippen LogP contribution in [0.2, 0.25) is 0 Å². The molecule has 0 N–H and O–H groups in total. The minimum Gasteiger partial charge on any atom is -0.466 e. The van der Waals surface area contributed by atoms with Crippen LogP contribution in [0.3, 0.4) is 0 Å². The van der Waals surface area contributed by atoms with Crippen LogP contribution in [0, 0.1) is 5.92 Å². The maximum Gasteiger partial charge on any atom is 0.308 e. The molecule has 3 heteroatoms. The summed E-state index contributed by atoms with van der Waals surface area (Å²) < 4.78 is 4.66. The van der Waals surface area contributed by atoms with Crippen molar-refractivity contribution in [3.63, 3.8) is 0 Å². The van der Waals surface area contributed by atoms with Crippen molar-refractivity contribution in [1.29, 1.82) is 0 Å². The van der Waals surface area contributed by atoms with Gasteiger partial charge >= 0.3 is 5.97 Å². The summed E-state index contributed by atoms with van der Waals surface area (Å²) >= 11 is 0. The maximum absolute atomic E-state index is 10.5. The summed E-state index contributed by atoms with van der Waals surface area (Å²) in [6, 6.07) is 0. The highest BCUT2D eigenvalue weighted by molar-refractivity contribution is 8.93. The van der Waals surface area contributed by atoms with E-state index in [9.17, 15) is 4.79 Å². The number of esters is 1. The highest BCUT2D eigenvalue weighted by atomic mass is 79.9. The van der Waals surface area contributed by atoms with Crippen LogP contribution in [0.25, 0.3) is 0 Å². The first-order chi connectivity index (χ1) is 3.68. The molecule has 0 unspecified atom stereocenters. The van der Waals surface area contributed by atoms with Crippen molar-refractivity contribution in [3.8, 4) is 0 Å². The third kappa shape index (κ3) is 5.83. The molecule has 0 fully saturated rings. The Bertz CT molecular complexity index is 81.1. The van der Waals surface area contributed by atoms with Crippen molar-refractivity contribution >= 4 is 23.0 Å². The van der Waals surface area contributed by atoms with Crippen molar-refractivity contribution in [2.45, 2.75) is 20.8 Å². The molecule has 0 aromatic rings. The lowest BCUT2D eigenvalue weighted by atomic mass is 10.2. The predicted octanol–water partition coefficient (Wildman–Crippen LogP) is 1.78. The van der Waals surface area contributed by atoms with Crippen molar-refractivity contribution in [2.24, 2.45) is 5.92 Å². The first-order valence-electron chi connectivity index (χ1n) is 2.85. The van der Waals surface area contributed by atoms with Crippen molar-refractivity contribution < 1.29 is 9.53 Å². The van der Waals surface area contributed by atoms with Gasteiger partial charge in [-0.3, -0.25) is 4.79 Å². The van der Waals surface area contributed by atoms with E-state index in [2.05, 4.69) is 4.74 Å². The molecule has 0 spiro atoms. The first kappa shape index (κ1) is 11.7. The maximum atomic E-state index is 10.5. The van der Waals surface area contributed by atoms with Gasteiger partial charge in [-0.2, -0.15) is 0 Å². The van der Waals surface area contributed by atoms with Crippen molar-refractivity contribution in [3.05, 3.63) is 0 Å². The standard InChI is InChI=1S/C6H12O2.BrH/c1-4-8-6(7)5(2)3;/h5H,4H2,1-3H3;1H. The van der Waals surface area contributed by atoms with E-state index < -0.39 is 0 Å². The summed E-state index contributed by atoms with van der Waals surface area (Å²) in [5, 5.41) is 0. The van der Waals surface area contributed by atoms with Crippen molar-refractivity contribution in [1.82, 2.24) is 0 Å². The predicted molar refractivity (Wildman–Crippen MR) is 41.8 cm³/mol. The van der Waals surface area contributed by atoms with E-state index in [0.717, 1.165) is 0 Å². The molecular formula is C6H13BrO2. The molecule has 0 aliphatic heterocycles. The summed E-state index contributed by atoms with van der Waals surface area (Å²) in [5.74, 6) is -0.109. The zero-order valence-electron chi connectivity index (χ0n) is 6.01. The van der Waals surface area contributed by atoms with Gasteiger partial charge in [0.25, 0.3) is 0 Å². The Morgan fingerprint density at radius 2 is 2.00 bits per heavy atom. The lowest BCUT2D eigenvalue weighted by molar-refractivity contribution is -0.146. The van der Waals surface area contributed by atoms with Crippen LogP contribution in [-0.2, 0) is 9.53 Å². The minimum absolute atomic E-state index is 0. The SMILES string of the molecule is Br.CCOC(=O)C(C)C. The van der Waals surface area contributed by atoms with Crippen LogP contribution in [0.4, 0.5) is 0 Å². The molecule has 0 aliphatic carbocycles. The van der Waals surface area contributed by atoms with Crippen LogP contribution in [0.5, 0.6) is 0 Å². The number of carbonyl (C=O) groups excluding carboxylic acids is 1. The second-order valence-corrected chi connectivity index (χ2v) is 1.91. The lowest BCUT2D eigenvalue weighted by Crippen LogP contribution is -2.10. The fraction of sp³-hybridized carbons (Fsp3) is 0.833. The van der Waals surface area contributed by atoms with E-state index in [1.54, 1.807) is 6.92 Å². The van der Waals surface area contributed by atoms with E-state index in [1.165, 1.54) is 0 Å². The Morgan fingerprint density at radius 3 is 2.11 bits per heavy atom. The average Bonchev–Trinajstić information content (AvgIpc) is 1.67. The van der Waals surface area contributed by atoms with Crippen LogP contribution in [0.1, 0.15) is 20.8 Å². The van der Waals surface area contributed by atoms with Crippen LogP contribution in [0.15, 0.2) is 0 Å². The van der Waals surface area contributed by atoms with Gasteiger partial charge < -0.3 is 4.74 Å². The highest BCUT2D eigenvalue weighted by Crippen LogP contribution is 1.93. The number of hydrogen-bond acceptors (Lipinski definition) is 2. The zero-order valence-corrected chi connectivity index (χ0v) is 7.72. The van der Waals surface area contributed by atoms with Crippen LogP contribution < -0.4 is 0 Å². The molecule has 56 valence electrons. The van der Waals surface area contributed by atoms with Gasteiger partial charge in [-0.15, -0.1) is 17.0 Å². The Morgan fingerprint density at radius 1 is 1.56 bits per heavy atom. The van der Waals surface area contributed by atoms with Gasteiger partial charge in [0.15, 0.2) is 0 Å². The number of carbonyl (C=O) groups is 1. The molecule has 0 amide bonds. The van der Waals surface area contributed by atoms with E-state index in [-0.39, 0.29) is 28.9 Å². The summed E-state index contributed by atoms with van der Waals surface area (Å²) in [6.45, 7) is 5.92. The van der Waals surface area contributed by atoms with E-state index in [4.69, 9.17) is 0 Å². The molecule has 2 nitrogen and oxygen atoms in total. The van der Waals surface area contributed by atoms with E-state index >= 15 is 0 Å². The van der Waals surface area contributed by atoms with Gasteiger partial charge in [0.05, 0.1) is 12.5 Å². The summed E-state index contributed by atoms with van der Waals surface area (Å²) in [7, 11) is 0. The smallest absolute Gasteiger partial charge is 0.308 e. The summed E-state index contributed by atoms with van der Waals surface area (Å²) in [5.41, 5.74) is 0. The molecule has 0 bridgehead atoms. The molecule has 0 radical (unpaired) electrons. The molecule has 0 saturated carbocycles. The van der Waals surface area contributed by atoms with Gasteiger partial charge in [-0.25, -0.2) is 0 Å². The lowest BCUT2D eigenvalue weighted by Gasteiger charge is -2.01. The van der Waals surface area contributed by atoms with Gasteiger partial charge in [-0.05, 0) is 6.92 Å². The van der Waals surface area contributed by atoms with Crippen molar-refractivity contribution in [2.75, 3.05) is 6.61 Å². The van der Waals surface area contributed by atoms with E-state index in [0.29, 0.717) is 6.61 Å². The van der Waals surface area contributed by atoms with Gasteiger partial charge in [-0.1, -0.05) is 13.8 Å². The first-order valence-corrected chi connectivity index (χ1v) is 2.85. The average molecular weight is 197 g/mol. The molecule has 0 aromatic heterocycles. The quantitative estimate of drug-likeness (QED) is 0.630. The van der Waals surface area contributed by atoms with Crippen LogP contribution >= 0.6 is 17.0 Å². The third-order valence-corrected chi connectivity index (χ3v) is 0.758. The normalized spacial score (nSPS) is 8.44. The number of rotatable bonds is 2. The monoisotopic (exact) mass is 196 g/mol. The third-order valence-electron chi connectivity index (χ3n) is 0.758. The molecule has 0 heterocycles. The molecule has 0 aromatic carbocycles. The Kier molecular flexibility index (Phi) is 7.91.